The second-order valence-electron chi connectivity index (χ2n) is 7.31. The van der Waals surface area contributed by atoms with Crippen LogP contribution < -0.4 is 4.72 Å². The molecule has 0 fully saturated rings. The third-order valence-corrected chi connectivity index (χ3v) is 5.99. The Morgan fingerprint density at radius 1 is 1.18 bits per heavy atom. The summed E-state index contributed by atoms with van der Waals surface area (Å²) in [7, 11) is 0. The zero-order valence-electron chi connectivity index (χ0n) is 15.8. The van der Waals surface area contributed by atoms with E-state index in [-0.39, 0.29) is 28.1 Å². The number of nitrogens with zero attached hydrogens (tertiary/aromatic N) is 3. The van der Waals surface area contributed by atoms with Crippen LogP contribution in [0.1, 0.15) is 39.3 Å². The molecule has 5 nitrogen and oxygen atoms in total. The van der Waals surface area contributed by atoms with E-state index in [0.717, 1.165) is 12.3 Å². The molecule has 3 rings (SSSR count). The van der Waals surface area contributed by atoms with Crippen LogP contribution in [0.15, 0.2) is 30.6 Å². The first-order chi connectivity index (χ1) is 13.1. The lowest BCUT2D eigenvalue weighted by Gasteiger charge is -2.27. The van der Waals surface area contributed by atoms with Crippen molar-refractivity contribution in [2.45, 2.75) is 38.5 Å². The molecule has 2 aromatic heterocycles. The van der Waals surface area contributed by atoms with Crippen LogP contribution in [0.4, 0.5) is 8.78 Å². The average Bonchev–Trinajstić information content (AvgIpc) is 2.62. The summed E-state index contributed by atoms with van der Waals surface area (Å²) in [6.45, 7) is 7.39. The summed E-state index contributed by atoms with van der Waals surface area (Å²) in [4.78, 5) is 11.5. The molecule has 0 radical (unpaired) electrons. The predicted octanol–water partition coefficient (Wildman–Crippen LogP) is 4.74. The van der Waals surface area contributed by atoms with Gasteiger partial charge >= 0.3 is 0 Å². The summed E-state index contributed by atoms with van der Waals surface area (Å²) < 4.78 is 43.9. The van der Waals surface area contributed by atoms with Crippen molar-refractivity contribution in [1.82, 2.24) is 19.7 Å². The van der Waals surface area contributed by atoms with Gasteiger partial charge in [0.05, 0.1) is 12.2 Å². The minimum Gasteiger partial charge on any atom is -0.598 e. The van der Waals surface area contributed by atoms with Crippen LogP contribution >= 0.6 is 11.6 Å². The molecule has 0 aliphatic heterocycles. The van der Waals surface area contributed by atoms with Crippen LogP contribution in [-0.4, -0.2) is 24.3 Å². The molecule has 0 aliphatic carbocycles. The Balaban J connectivity index is 2.12. The molecule has 1 unspecified atom stereocenters. The van der Waals surface area contributed by atoms with Crippen molar-refractivity contribution in [3.05, 3.63) is 53.1 Å². The quantitative estimate of drug-likeness (QED) is 0.484. The van der Waals surface area contributed by atoms with E-state index in [1.54, 1.807) is 12.1 Å². The van der Waals surface area contributed by atoms with Crippen molar-refractivity contribution < 1.29 is 13.3 Å². The molecule has 0 spiro atoms. The standard InChI is InChI=1S/C19H19ClF2N4OS/c1-10(26-28(27)19(2,3)4)12-5-6-23-17-13(12)7-11(8-14(17)21)16-15(22)9-24-18(20)25-16/h5-10,26H,1-4H3/t10-,28?/m0/s1. The predicted molar refractivity (Wildman–Crippen MR) is 107 cm³/mol. The Morgan fingerprint density at radius 2 is 1.89 bits per heavy atom. The Hall–Kier alpha value is -1.87. The van der Waals surface area contributed by atoms with Gasteiger partial charge in [0.15, 0.2) is 5.82 Å². The van der Waals surface area contributed by atoms with E-state index in [0.29, 0.717) is 10.9 Å². The first-order valence-corrected chi connectivity index (χ1v) is 10.1. The molecule has 0 bridgehead atoms. The summed E-state index contributed by atoms with van der Waals surface area (Å²) in [6, 6.07) is 4.11. The zero-order chi connectivity index (χ0) is 20.6. The third kappa shape index (κ3) is 4.25. The molecule has 2 atom stereocenters. The van der Waals surface area contributed by atoms with E-state index in [2.05, 4.69) is 19.7 Å². The minimum absolute atomic E-state index is 0.102. The lowest BCUT2D eigenvalue weighted by atomic mass is 10.00. The van der Waals surface area contributed by atoms with E-state index >= 15 is 0 Å². The van der Waals surface area contributed by atoms with E-state index in [4.69, 9.17) is 11.6 Å². The van der Waals surface area contributed by atoms with Crippen LogP contribution in [0.2, 0.25) is 5.28 Å². The average molecular weight is 425 g/mol. The van der Waals surface area contributed by atoms with Crippen molar-refractivity contribution >= 4 is 33.9 Å². The molecule has 3 aromatic rings. The maximum atomic E-state index is 14.7. The number of nitrogens with one attached hydrogen (secondary N) is 1. The number of benzene rings is 1. The highest BCUT2D eigenvalue weighted by molar-refractivity contribution is 7.90. The Morgan fingerprint density at radius 3 is 2.57 bits per heavy atom. The summed E-state index contributed by atoms with van der Waals surface area (Å²) >= 11 is 4.44. The molecule has 148 valence electrons. The fraction of sp³-hybridized carbons (Fsp3) is 0.316. The van der Waals surface area contributed by atoms with Gasteiger partial charge in [0.25, 0.3) is 0 Å². The number of halogens is 3. The monoisotopic (exact) mass is 424 g/mol. The van der Waals surface area contributed by atoms with Crippen LogP contribution in [0.3, 0.4) is 0 Å². The number of rotatable bonds is 4. The second-order valence-corrected chi connectivity index (χ2v) is 9.65. The maximum absolute atomic E-state index is 14.7. The molecule has 28 heavy (non-hydrogen) atoms. The molecule has 0 saturated carbocycles. The van der Waals surface area contributed by atoms with Gasteiger partial charge < -0.3 is 4.55 Å². The Labute approximate surface area is 169 Å². The maximum Gasteiger partial charge on any atom is 0.223 e. The summed E-state index contributed by atoms with van der Waals surface area (Å²) in [5.74, 6) is -1.33. The number of fused-ring (bicyclic) bond motifs is 1. The van der Waals surface area contributed by atoms with Crippen LogP contribution in [0.25, 0.3) is 22.2 Å². The Bertz CT molecular complexity index is 1030. The number of pyridine rings is 1. The molecular formula is C19H19ClF2N4OS. The minimum atomic E-state index is -1.33. The lowest BCUT2D eigenvalue weighted by Crippen LogP contribution is -2.40. The van der Waals surface area contributed by atoms with Gasteiger partial charge in [-0.2, -0.15) is 0 Å². The fourth-order valence-corrected chi connectivity index (χ4v) is 3.63. The van der Waals surface area contributed by atoms with E-state index in [1.165, 1.54) is 6.20 Å². The van der Waals surface area contributed by atoms with Gasteiger partial charge in [0, 0.05) is 28.5 Å². The molecule has 1 aromatic carbocycles. The van der Waals surface area contributed by atoms with Gasteiger partial charge in [-0.3, -0.25) is 4.98 Å². The highest BCUT2D eigenvalue weighted by Gasteiger charge is 2.29. The highest BCUT2D eigenvalue weighted by atomic mass is 35.5. The SMILES string of the molecule is C[C@H](N[S+]([O-])C(C)(C)C)c1ccnc2c(F)cc(-c3nc(Cl)ncc3F)cc12. The Kier molecular flexibility index (Phi) is 5.86. The number of hydrogen-bond acceptors (Lipinski definition) is 5. The molecule has 9 heteroatoms. The van der Waals surface area contributed by atoms with Crippen molar-refractivity contribution in [3.8, 4) is 11.3 Å². The van der Waals surface area contributed by atoms with Gasteiger partial charge in [0.2, 0.25) is 5.28 Å². The number of aromatic nitrogens is 3. The molecule has 0 aliphatic rings. The second kappa shape index (κ2) is 7.87. The summed E-state index contributed by atoms with van der Waals surface area (Å²) in [6.07, 6.45) is 2.42. The molecule has 0 saturated heterocycles. The molecule has 1 N–H and O–H groups in total. The van der Waals surface area contributed by atoms with Gasteiger partial charge in [-0.15, -0.1) is 4.72 Å². The first-order valence-electron chi connectivity index (χ1n) is 8.52. The lowest BCUT2D eigenvalue weighted by molar-refractivity contribution is 0.532. The van der Waals surface area contributed by atoms with Crippen molar-refractivity contribution in [3.63, 3.8) is 0 Å². The first kappa shape index (κ1) is 20.9. The smallest absolute Gasteiger partial charge is 0.223 e. The summed E-state index contributed by atoms with van der Waals surface area (Å²) in [5, 5.41) is 0.330. The zero-order valence-corrected chi connectivity index (χ0v) is 17.3. The third-order valence-electron chi connectivity index (χ3n) is 4.13. The molecular weight excluding hydrogens is 406 g/mol. The van der Waals surface area contributed by atoms with Crippen LogP contribution in [0.5, 0.6) is 0 Å². The molecule has 0 amide bonds. The highest BCUT2D eigenvalue weighted by Crippen LogP contribution is 2.31. The number of hydrogen-bond donors (Lipinski definition) is 1. The van der Waals surface area contributed by atoms with Crippen LogP contribution in [0, 0.1) is 11.6 Å². The van der Waals surface area contributed by atoms with Gasteiger partial charge in [-0.25, -0.2) is 18.7 Å². The van der Waals surface area contributed by atoms with Crippen molar-refractivity contribution in [2.24, 2.45) is 0 Å². The van der Waals surface area contributed by atoms with Crippen LogP contribution in [-0.2, 0) is 11.4 Å². The van der Waals surface area contributed by atoms with Crippen molar-refractivity contribution in [1.29, 1.82) is 0 Å². The van der Waals surface area contributed by atoms with Gasteiger partial charge in [-0.1, -0.05) is 0 Å². The fourth-order valence-electron chi connectivity index (χ4n) is 2.70. The topological polar surface area (TPSA) is 73.8 Å². The normalized spacial score (nSPS) is 14.3. The van der Waals surface area contributed by atoms with E-state index in [1.807, 2.05) is 27.7 Å². The molecule has 2 heterocycles. The largest absolute Gasteiger partial charge is 0.598 e. The van der Waals surface area contributed by atoms with Gasteiger partial charge in [0.1, 0.15) is 21.8 Å². The van der Waals surface area contributed by atoms with Crippen molar-refractivity contribution in [2.75, 3.05) is 0 Å². The summed E-state index contributed by atoms with van der Waals surface area (Å²) in [5.41, 5.74) is 0.931. The van der Waals surface area contributed by atoms with E-state index in [9.17, 15) is 13.3 Å². The van der Waals surface area contributed by atoms with E-state index < -0.39 is 27.7 Å². The van der Waals surface area contributed by atoms with Gasteiger partial charge in [-0.05, 0) is 63.1 Å².